The summed E-state index contributed by atoms with van der Waals surface area (Å²) in [6, 6.07) is 12.8. The van der Waals surface area contributed by atoms with Crippen LogP contribution in [0.15, 0.2) is 48.5 Å². The highest BCUT2D eigenvalue weighted by atomic mass is 19.1. The van der Waals surface area contributed by atoms with Gasteiger partial charge in [-0.25, -0.2) is 9.07 Å². The Kier molecular flexibility index (Phi) is 4.88. The quantitative estimate of drug-likeness (QED) is 0.687. The largest absolute Gasteiger partial charge is 0.326 e. The average Bonchev–Trinajstić information content (AvgIpc) is 3.18. The van der Waals surface area contributed by atoms with Crippen LogP contribution in [0.2, 0.25) is 0 Å². The third-order valence-corrected chi connectivity index (χ3v) is 4.97. The molecular weight excluding hydrogens is 371 g/mol. The fraction of sp³-hybridized carbons (Fsp3) is 0.227. The van der Waals surface area contributed by atoms with Crippen molar-refractivity contribution in [3.05, 3.63) is 65.6 Å². The van der Waals surface area contributed by atoms with Gasteiger partial charge >= 0.3 is 0 Å². The first kappa shape index (κ1) is 18.9. The predicted octanol–water partition coefficient (Wildman–Crippen LogP) is 4.08. The van der Waals surface area contributed by atoms with E-state index in [2.05, 4.69) is 15.7 Å². The second-order valence-electron chi connectivity index (χ2n) is 7.10. The number of anilines is 2. The van der Waals surface area contributed by atoms with E-state index in [1.54, 1.807) is 22.9 Å². The van der Waals surface area contributed by atoms with Gasteiger partial charge in [0.25, 0.3) is 5.91 Å². The zero-order valence-electron chi connectivity index (χ0n) is 16.2. The predicted molar refractivity (Wildman–Crippen MR) is 109 cm³/mol. The van der Waals surface area contributed by atoms with E-state index < -0.39 is 6.04 Å². The van der Waals surface area contributed by atoms with Gasteiger partial charge in [0.05, 0.1) is 12.1 Å². The first-order valence-corrected chi connectivity index (χ1v) is 9.51. The number of benzene rings is 2. The molecule has 148 valence electrons. The molecule has 2 heterocycles. The Hall–Kier alpha value is -3.48. The van der Waals surface area contributed by atoms with Gasteiger partial charge in [0.2, 0.25) is 5.91 Å². The molecule has 29 heavy (non-hydrogen) atoms. The van der Waals surface area contributed by atoms with Crippen LogP contribution in [0.5, 0.6) is 0 Å². The number of rotatable bonds is 5. The zero-order chi connectivity index (χ0) is 20.5. The highest BCUT2D eigenvalue weighted by Crippen LogP contribution is 2.38. The van der Waals surface area contributed by atoms with Gasteiger partial charge in [0.1, 0.15) is 17.7 Å². The Labute approximate surface area is 167 Å². The van der Waals surface area contributed by atoms with Crippen LogP contribution in [-0.2, 0) is 16.0 Å². The van der Waals surface area contributed by atoms with Crippen LogP contribution in [0.4, 0.5) is 15.9 Å². The van der Waals surface area contributed by atoms with Gasteiger partial charge in [0.15, 0.2) is 0 Å². The Balaban J connectivity index is 1.61. The minimum atomic E-state index is -0.727. The van der Waals surface area contributed by atoms with Gasteiger partial charge in [-0.05, 0) is 48.7 Å². The van der Waals surface area contributed by atoms with Gasteiger partial charge in [-0.1, -0.05) is 31.2 Å². The molecule has 2 N–H and O–H groups in total. The van der Waals surface area contributed by atoms with Crippen molar-refractivity contribution in [2.75, 3.05) is 10.6 Å². The van der Waals surface area contributed by atoms with Crippen LogP contribution < -0.4 is 10.6 Å². The SMILES string of the molecule is CCc1nn2c(c1-c1ccc(F)cc1)NC(=O)C2CC(=O)Nc1cccc(C)c1. The average molecular weight is 392 g/mol. The number of fused-ring (bicyclic) bond motifs is 1. The minimum Gasteiger partial charge on any atom is -0.326 e. The molecule has 1 atom stereocenters. The first-order chi connectivity index (χ1) is 14.0. The molecule has 2 amide bonds. The Bertz CT molecular complexity index is 1090. The zero-order valence-corrected chi connectivity index (χ0v) is 16.2. The van der Waals surface area contributed by atoms with Crippen LogP contribution in [0.25, 0.3) is 11.1 Å². The lowest BCUT2D eigenvalue weighted by molar-refractivity contribution is -0.123. The van der Waals surface area contributed by atoms with Crippen LogP contribution in [0.3, 0.4) is 0 Å². The number of nitrogens with one attached hydrogen (secondary N) is 2. The van der Waals surface area contributed by atoms with Gasteiger partial charge in [-0.2, -0.15) is 5.10 Å². The van der Waals surface area contributed by atoms with Crippen LogP contribution >= 0.6 is 0 Å². The van der Waals surface area contributed by atoms with E-state index in [-0.39, 0.29) is 24.1 Å². The minimum absolute atomic E-state index is 0.0273. The molecule has 6 nitrogen and oxygen atoms in total. The fourth-order valence-electron chi connectivity index (χ4n) is 3.59. The van der Waals surface area contributed by atoms with Crippen molar-refractivity contribution in [2.24, 2.45) is 0 Å². The maximum Gasteiger partial charge on any atom is 0.251 e. The van der Waals surface area contributed by atoms with Crippen LogP contribution in [0.1, 0.15) is 30.6 Å². The second kappa shape index (κ2) is 7.50. The summed E-state index contributed by atoms with van der Waals surface area (Å²) in [5.41, 5.74) is 4.05. The van der Waals surface area contributed by atoms with Crippen molar-refractivity contribution in [3.8, 4) is 11.1 Å². The number of hydrogen-bond acceptors (Lipinski definition) is 3. The van der Waals surface area contributed by atoms with E-state index in [1.165, 1.54) is 12.1 Å². The van der Waals surface area contributed by atoms with E-state index in [0.717, 1.165) is 22.4 Å². The lowest BCUT2D eigenvalue weighted by Crippen LogP contribution is -2.24. The summed E-state index contributed by atoms with van der Waals surface area (Å²) in [5, 5.41) is 10.3. The van der Waals surface area contributed by atoms with E-state index in [1.807, 2.05) is 32.0 Å². The summed E-state index contributed by atoms with van der Waals surface area (Å²) >= 11 is 0. The summed E-state index contributed by atoms with van der Waals surface area (Å²) in [5.74, 6) is -0.324. The van der Waals surface area contributed by atoms with Crippen LogP contribution in [0, 0.1) is 12.7 Å². The van der Waals surface area contributed by atoms with Crippen molar-refractivity contribution >= 4 is 23.3 Å². The Morgan fingerprint density at radius 3 is 2.69 bits per heavy atom. The third kappa shape index (κ3) is 3.63. The second-order valence-corrected chi connectivity index (χ2v) is 7.10. The molecule has 2 aromatic carbocycles. The molecule has 0 radical (unpaired) electrons. The monoisotopic (exact) mass is 392 g/mol. The van der Waals surface area contributed by atoms with Crippen molar-refractivity contribution in [3.63, 3.8) is 0 Å². The lowest BCUT2D eigenvalue weighted by atomic mass is 10.0. The molecule has 0 bridgehead atoms. The first-order valence-electron chi connectivity index (χ1n) is 9.51. The molecule has 0 spiro atoms. The normalized spacial score (nSPS) is 15.1. The van der Waals surface area contributed by atoms with E-state index in [4.69, 9.17) is 0 Å². The summed E-state index contributed by atoms with van der Waals surface area (Å²) in [6.07, 6.45) is 0.616. The van der Waals surface area contributed by atoms with E-state index in [9.17, 15) is 14.0 Å². The molecule has 1 aliphatic rings. The van der Waals surface area contributed by atoms with Crippen LogP contribution in [-0.4, -0.2) is 21.6 Å². The number of aromatic nitrogens is 2. The maximum absolute atomic E-state index is 13.3. The summed E-state index contributed by atoms with van der Waals surface area (Å²) in [6.45, 7) is 3.91. The van der Waals surface area contributed by atoms with Crippen molar-refractivity contribution < 1.29 is 14.0 Å². The number of amides is 2. The third-order valence-electron chi connectivity index (χ3n) is 4.97. The molecule has 0 saturated heterocycles. The maximum atomic E-state index is 13.3. The standard InChI is InChI=1S/C22H21FN4O2/c1-3-17-20(14-7-9-15(23)10-8-14)21-25-22(29)18(27(21)26-17)12-19(28)24-16-6-4-5-13(2)11-16/h4-11,18H,3,12H2,1-2H3,(H,24,28)(H,25,29). The molecule has 4 rings (SSSR count). The molecule has 7 heteroatoms. The molecular formula is C22H21FN4O2. The topological polar surface area (TPSA) is 76.0 Å². The van der Waals surface area contributed by atoms with E-state index >= 15 is 0 Å². The molecule has 0 fully saturated rings. The molecule has 0 aliphatic carbocycles. The van der Waals surface area contributed by atoms with Crippen molar-refractivity contribution in [1.29, 1.82) is 0 Å². The molecule has 3 aromatic rings. The highest BCUT2D eigenvalue weighted by Gasteiger charge is 2.36. The summed E-state index contributed by atoms with van der Waals surface area (Å²) < 4.78 is 14.9. The summed E-state index contributed by atoms with van der Waals surface area (Å²) in [7, 11) is 0. The van der Waals surface area contributed by atoms with Gasteiger partial charge in [-0.3, -0.25) is 9.59 Å². The molecule has 1 unspecified atom stereocenters. The highest BCUT2D eigenvalue weighted by molar-refractivity contribution is 6.04. The number of aryl methyl sites for hydroxylation is 2. The van der Waals surface area contributed by atoms with E-state index in [0.29, 0.717) is 17.9 Å². The van der Waals surface area contributed by atoms with Gasteiger partial charge in [0, 0.05) is 11.3 Å². The lowest BCUT2D eigenvalue weighted by Gasteiger charge is -2.10. The smallest absolute Gasteiger partial charge is 0.251 e. The van der Waals surface area contributed by atoms with Gasteiger partial charge in [-0.15, -0.1) is 0 Å². The Morgan fingerprint density at radius 1 is 1.24 bits per heavy atom. The van der Waals surface area contributed by atoms with Crippen molar-refractivity contribution in [2.45, 2.75) is 32.7 Å². The van der Waals surface area contributed by atoms with Gasteiger partial charge < -0.3 is 10.6 Å². The number of nitrogens with zero attached hydrogens (tertiary/aromatic N) is 2. The molecule has 1 aromatic heterocycles. The number of halogens is 1. The molecule has 0 saturated carbocycles. The number of carbonyl (C=O) groups is 2. The Morgan fingerprint density at radius 2 is 2.00 bits per heavy atom. The molecule has 1 aliphatic heterocycles. The number of hydrogen-bond donors (Lipinski definition) is 2. The van der Waals surface area contributed by atoms with Crippen molar-refractivity contribution in [1.82, 2.24) is 9.78 Å². The summed E-state index contributed by atoms with van der Waals surface area (Å²) in [4.78, 5) is 25.1. The fourth-order valence-corrected chi connectivity index (χ4v) is 3.59. The number of carbonyl (C=O) groups excluding carboxylic acids is 2.